The Balaban J connectivity index is 2.04. The minimum Gasteiger partial charge on any atom is -0.465 e. The Bertz CT molecular complexity index is 566. The van der Waals surface area contributed by atoms with Crippen LogP contribution in [0.1, 0.15) is 29.6 Å². The number of ketones is 1. The first kappa shape index (κ1) is 14.2. The van der Waals surface area contributed by atoms with Crippen molar-refractivity contribution in [2.24, 2.45) is 5.92 Å². The van der Waals surface area contributed by atoms with Crippen LogP contribution in [0.3, 0.4) is 0 Å². The average molecular weight is 279 g/mol. The van der Waals surface area contributed by atoms with Gasteiger partial charge in [-0.3, -0.25) is 9.59 Å². The highest BCUT2D eigenvalue weighted by molar-refractivity contribution is 6.06. The fraction of sp³-hybridized carbons (Fsp3) is 0.357. The largest absolute Gasteiger partial charge is 0.465 e. The first-order valence-electron chi connectivity index (χ1n) is 6.21. The first-order chi connectivity index (χ1) is 9.49. The molecule has 0 atom stereocenters. The number of carbonyl (C=O) groups is 3. The van der Waals surface area contributed by atoms with Gasteiger partial charge in [0.15, 0.2) is 0 Å². The number of carbonyl (C=O) groups excluding carboxylic acids is 3. The summed E-state index contributed by atoms with van der Waals surface area (Å²) in [5.74, 6) is -1.99. The maximum absolute atomic E-state index is 13.3. The van der Waals surface area contributed by atoms with Crippen LogP contribution in [-0.4, -0.2) is 24.8 Å². The van der Waals surface area contributed by atoms with Crippen LogP contribution in [0.4, 0.5) is 10.1 Å². The molecule has 0 aliphatic heterocycles. The second-order valence-electron chi connectivity index (χ2n) is 4.69. The number of amides is 1. The molecule has 1 fully saturated rings. The molecule has 1 amide bonds. The molecule has 5 nitrogen and oxygen atoms in total. The maximum Gasteiger partial charge on any atom is 0.338 e. The van der Waals surface area contributed by atoms with Gasteiger partial charge in [-0.05, 0) is 31.0 Å². The molecule has 0 bridgehead atoms. The number of nitrogens with one attached hydrogen (secondary N) is 1. The lowest BCUT2D eigenvalue weighted by Crippen LogP contribution is -2.17. The van der Waals surface area contributed by atoms with Gasteiger partial charge in [-0.1, -0.05) is 0 Å². The number of halogens is 1. The van der Waals surface area contributed by atoms with Crippen LogP contribution in [0, 0.1) is 11.7 Å². The Kier molecular flexibility index (Phi) is 4.12. The monoisotopic (exact) mass is 279 g/mol. The average Bonchev–Trinajstić information content (AvgIpc) is 3.20. The van der Waals surface area contributed by atoms with E-state index < -0.39 is 17.7 Å². The summed E-state index contributed by atoms with van der Waals surface area (Å²) in [4.78, 5) is 34.5. The van der Waals surface area contributed by atoms with Crippen molar-refractivity contribution in [2.45, 2.75) is 19.3 Å². The van der Waals surface area contributed by atoms with Gasteiger partial charge in [0.25, 0.3) is 0 Å². The van der Waals surface area contributed by atoms with E-state index in [2.05, 4.69) is 10.1 Å². The van der Waals surface area contributed by atoms with Crippen LogP contribution in [-0.2, 0) is 14.3 Å². The number of rotatable bonds is 5. The van der Waals surface area contributed by atoms with E-state index in [1.807, 2.05) is 0 Å². The number of esters is 1. The van der Waals surface area contributed by atoms with Crippen molar-refractivity contribution in [3.05, 3.63) is 29.6 Å². The molecule has 6 heteroatoms. The lowest BCUT2D eigenvalue weighted by atomic mass is 10.1. The molecule has 2 rings (SSSR count). The topological polar surface area (TPSA) is 72.5 Å². The molecule has 0 heterocycles. The van der Waals surface area contributed by atoms with E-state index in [0.717, 1.165) is 25.0 Å². The third-order valence-electron chi connectivity index (χ3n) is 2.97. The molecule has 1 saturated carbocycles. The zero-order valence-corrected chi connectivity index (χ0v) is 10.9. The fourth-order valence-corrected chi connectivity index (χ4v) is 1.81. The number of hydrogen-bond acceptors (Lipinski definition) is 4. The molecular formula is C14H14FNO4. The second-order valence-corrected chi connectivity index (χ2v) is 4.69. The van der Waals surface area contributed by atoms with Gasteiger partial charge in [-0.15, -0.1) is 0 Å². The highest BCUT2D eigenvalue weighted by Crippen LogP contribution is 2.30. The van der Waals surface area contributed by atoms with Crippen molar-refractivity contribution in [3.63, 3.8) is 0 Å². The van der Waals surface area contributed by atoms with E-state index in [1.54, 1.807) is 0 Å². The molecule has 1 aliphatic carbocycles. The van der Waals surface area contributed by atoms with E-state index in [4.69, 9.17) is 0 Å². The summed E-state index contributed by atoms with van der Waals surface area (Å²) in [6.07, 6.45) is 1.44. The summed E-state index contributed by atoms with van der Waals surface area (Å²) in [6.45, 7) is 0. The lowest BCUT2D eigenvalue weighted by molar-refractivity contribution is -0.126. The van der Waals surface area contributed by atoms with Crippen molar-refractivity contribution in [1.82, 2.24) is 0 Å². The van der Waals surface area contributed by atoms with Gasteiger partial charge >= 0.3 is 5.97 Å². The Morgan fingerprint density at radius 3 is 2.60 bits per heavy atom. The number of anilines is 1. The van der Waals surface area contributed by atoms with E-state index in [0.29, 0.717) is 0 Å². The third-order valence-corrected chi connectivity index (χ3v) is 2.97. The molecule has 0 radical (unpaired) electrons. The summed E-state index contributed by atoms with van der Waals surface area (Å²) < 4.78 is 17.8. The number of ether oxygens (including phenoxy) is 1. The minimum absolute atomic E-state index is 0.00103. The molecule has 20 heavy (non-hydrogen) atoms. The van der Waals surface area contributed by atoms with Gasteiger partial charge in [-0.25, -0.2) is 9.18 Å². The number of benzene rings is 1. The Morgan fingerprint density at radius 1 is 1.30 bits per heavy atom. The number of hydrogen-bond donors (Lipinski definition) is 1. The van der Waals surface area contributed by atoms with E-state index in [9.17, 15) is 18.8 Å². The summed E-state index contributed by atoms with van der Waals surface area (Å²) in [5.41, 5.74) is 0.121. The van der Waals surface area contributed by atoms with Crippen LogP contribution in [0.2, 0.25) is 0 Å². The normalized spacial score (nSPS) is 13.7. The molecule has 0 unspecified atom stereocenters. The molecular weight excluding hydrogens is 265 g/mol. The third kappa shape index (κ3) is 3.63. The SMILES string of the molecule is COC(=O)c1cc(F)cc(NC(=O)CC(=O)C2CC2)c1. The van der Waals surface area contributed by atoms with Gasteiger partial charge in [0.2, 0.25) is 5.91 Å². The predicted octanol–water partition coefficient (Wildman–Crippen LogP) is 1.92. The Labute approximate surface area is 115 Å². The summed E-state index contributed by atoms with van der Waals surface area (Å²) in [5, 5.41) is 2.41. The van der Waals surface area contributed by atoms with Gasteiger partial charge < -0.3 is 10.1 Å². The summed E-state index contributed by atoms with van der Waals surface area (Å²) in [7, 11) is 1.18. The van der Waals surface area contributed by atoms with Crippen molar-refractivity contribution in [1.29, 1.82) is 0 Å². The smallest absolute Gasteiger partial charge is 0.338 e. The van der Waals surface area contributed by atoms with Crippen LogP contribution in [0.25, 0.3) is 0 Å². The predicted molar refractivity (Wildman–Crippen MR) is 68.7 cm³/mol. The molecule has 1 aliphatic rings. The Morgan fingerprint density at radius 2 is 2.00 bits per heavy atom. The lowest BCUT2D eigenvalue weighted by Gasteiger charge is -2.07. The molecule has 0 saturated heterocycles. The zero-order valence-electron chi connectivity index (χ0n) is 10.9. The van der Waals surface area contributed by atoms with Gasteiger partial charge in [0.05, 0.1) is 19.1 Å². The standard InChI is InChI=1S/C14H14FNO4/c1-20-14(19)9-4-10(15)6-11(5-9)16-13(18)7-12(17)8-2-3-8/h4-6,8H,2-3,7H2,1H3,(H,16,18). The quantitative estimate of drug-likeness (QED) is 0.660. The van der Waals surface area contributed by atoms with Crippen molar-refractivity contribution in [3.8, 4) is 0 Å². The zero-order chi connectivity index (χ0) is 14.7. The van der Waals surface area contributed by atoms with E-state index in [-0.39, 0.29) is 29.4 Å². The molecule has 1 aromatic rings. The first-order valence-corrected chi connectivity index (χ1v) is 6.21. The maximum atomic E-state index is 13.3. The van der Waals surface area contributed by atoms with E-state index in [1.165, 1.54) is 13.2 Å². The molecule has 106 valence electrons. The summed E-state index contributed by atoms with van der Waals surface area (Å²) in [6, 6.07) is 3.39. The van der Waals surface area contributed by atoms with Crippen LogP contribution < -0.4 is 5.32 Å². The van der Waals surface area contributed by atoms with Crippen LogP contribution >= 0.6 is 0 Å². The van der Waals surface area contributed by atoms with E-state index >= 15 is 0 Å². The fourth-order valence-electron chi connectivity index (χ4n) is 1.81. The van der Waals surface area contributed by atoms with Crippen LogP contribution in [0.5, 0.6) is 0 Å². The molecule has 1 N–H and O–H groups in total. The second kappa shape index (κ2) is 5.81. The molecule has 0 spiro atoms. The molecule has 0 aromatic heterocycles. The van der Waals surface area contributed by atoms with Gasteiger partial charge in [0, 0.05) is 11.6 Å². The van der Waals surface area contributed by atoms with Crippen molar-refractivity contribution in [2.75, 3.05) is 12.4 Å². The number of methoxy groups -OCH3 is 1. The molecule has 1 aromatic carbocycles. The van der Waals surface area contributed by atoms with Crippen LogP contribution in [0.15, 0.2) is 18.2 Å². The highest BCUT2D eigenvalue weighted by atomic mass is 19.1. The van der Waals surface area contributed by atoms with Gasteiger partial charge in [-0.2, -0.15) is 0 Å². The van der Waals surface area contributed by atoms with Gasteiger partial charge in [0.1, 0.15) is 11.6 Å². The summed E-state index contributed by atoms with van der Waals surface area (Å²) >= 11 is 0. The minimum atomic E-state index is -0.700. The van der Waals surface area contributed by atoms with Crippen molar-refractivity contribution >= 4 is 23.3 Å². The highest BCUT2D eigenvalue weighted by Gasteiger charge is 2.30. The Hall–Kier alpha value is -2.24. The van der Waals surface area contributed by atoms with Crippen molar-refractivity contribution < 1.29 is 23.5 Å². The number of Topliss-reactive ketones (excluding diaryl/α,β-unsaturated/α-hetero) is 1.